The lowest BCUT2D eigenvalue weighted by atomic mass is 10.1. The van der Waals surface area contributed by atoms with Crippen LogP contribution >= 0.6 is 24.0 Å². The van der Waals surface area contributed by atoms with Crippen LogP contribution in [0.25, 0.3) is 0 Å². The van der Waals surface area contributed by atoms with Crippen LogP contribution in [0.3, 0.4) is 0 Å². The summed E-state index contributed by atoms with van der Waals surface area (Å²) in [6.45, 7) is 6.57. The number of hydrogen-bond acceptors (Lipinski definition) is 3. The third kappa shape index (κ3) is 7.49. The van der Waals surface area contributed by atoms with Gasteiger partial charge in [-0.1, -0.05) is 24.3 Å². The van der Waals surface area contributed by atoms with E-state index in [9.17, 15) is 4.79 Å². The van der Waals surface area contributed by atoms with Gasteiger partial charge in [0.25, 0.3) is 0 Å². The summed E-state index contributed by atoms with van der Waals surface area (Å²) in [6, 6.07) is 8.24. The number of ether oxygens (including phenoxy) is 1. The van der Waals surface area contributed by atoms with Crippen molar-refractivity contribution in [2.45, 2.75) is 39.3 Å². The lowest BCUT2D eigenvalue weighted by molar-refractivity contribution is -0.128. The van der Waals surface area contributed by atoms with E-state index in [4.69, 9.17) is 4.74 Å². The van der Waals surface area contributed by atoms with Crippen LogP contribution in [-0.2, 0) is 22.6 Å². The molecule has 1 aliphatic rings. The van der Waals surface area contributed by atoms with E-state index in [2.05, 4.69) is 34.7 Å². The number of benzene rings is 1. The highest BCUT2D eigenvalue weighted by Gasteiger charge is 2.20. The number of carbonyl (C=O) groups excluding carboxylic acids is 1. The van der Waals surface area contributed by atoms with Crippen molar-refractivity contribution in [3.63, 3.8) is 0 Å². The highest BCUT2D eigenvalue weighted by molar-refractivity contribution is 14.0. The van der Waals surface area contributed by atoms with Crippen molar-refractivity contribution >= 4 is 35.8 Å². The molecule has 2 rings (SSSR count). The van der Waals surface area contributed by atoms with Crippen molar-refractivity contribution in [2.24, 2.45) is 4.99 Å². The minimum Gasteiger partial charge on any atom is -0.385 e. The highest BCUT2D eigenvalue weighted by Crippen LogP contribution is 2.17. The van der Waals surface area contributed by atoms with Crippen LogP contribution in [-0.4, -0.2) is 50.1 Å². The van der Waals surface area contributed by atoms with Crippen molar-refractivity contribution in [1.29, 1.82) is 0 Å². The third-order valence-electron chi connectivity index (χ3n) is 4.22. The number of methoxy groups -OCH3 is 1. The summed E-state index contributed by atoms with van der Waals surface area (Å²) < 4.78 is 5.07. The Morgan fingerprint density at radius 1 is 1.27 bits per heavy atom. The summed E-state index contributed by atoms with van der Waals surface area (Å²) in [5, 5.41) is 6.58. The molecule has 0 radical (unpaired) electrons. The van der Waals surface area contributed by atoms with Crippen molar-refractivity contribution in [1.82, 2.24) is 15.5 Å². The number of guanidine groups is 1. The molecule has 1 saturated heterocycles. The number of halogens is 1. The van der Waals surface area contributed by atoms with Crippen LogP contribution in [0.4, 0.5) is 0 Å². The number of aliphatic imine (C=N–C) groups is 1. The summed E-state index contributed by atoms with van der Waals surface area (Å²) in [5.41, 5.74) is 2.34. The fraction of sp³-hybridized carbons (Fsp3) is 0.579. The smallest absolute Gasteiger partial charge is 0.222 e. The maximum absolute atomic E-state index is 11.9. The standard InChI is InChI=1S/C19H30N4O2.HI/c1-3-20-19(21-11-7-13-25-2)22-14-16-8-4-5-9-17(16)15-23-12-6-10-18(23)24;/h4-5,8-9H,3,6-7,10-15H2,1-2H3,(H2,20,21,22);1H. The number of rotatable bonds is 9. The van der Waals surface area contributed by atoms with E-state index >= 15 is 0 Å². The Labute approximate surface area is 173 Å². The molecule has 0 atom stereocenters. The van der Waals surface area contributed by atoms with Crippen LogP contribution in [0.15, 0.2) is 29.3 Å². The molecule has 26 heavy (non-hydrogen) atoms. The van der Waals surface area contributed by atoms with Gasteiger partial charge in [-0.25, -0.2) is 4.99 Å². The van der Waals surface area contributed by atoms with Gasteiger partial charge in [-0.05, 0) is 30.9 Å². The Hall–Kier alpha value is -1.35. The van der Waals surface area contributed by atoms with Crippen molar-refractivity contribution in [3.8, 4) is 0 Å². The highest BCUT2D eigenvalue weighted by atomic mass is 127. The number of likely N-dealkylation sites (tertiary alicyclic amines) is 1. The molecular formula is C19H31IN4O2. The zero-order chi connectivity index (χ0) is 17.9. The van der Waals surface area contributed by atoms with Gasteiger partial charge in [-0.2, -0.15) is 0 Å². The van der Waals surface area contributed by atoms with E-state index in [-0.39, 0.29) is 29.9 Å². The quantitative estimate of drug-likeness (QED) is 0.250. The summed E-state index contributed by atoms with van der Waals surface area (Å²) in [6.07, 6.45) is 2.58. The fourth-order valence-electron chi connectivity index (χ4n) is 2.87. The van der Waals surface area contributed by atoms with Crippen molar-refractivity contribution < 1.29 is 9.53 Å². The molecule has 1 amide bonds. The fourth-order valence-corrected chi connectivity index (χ4v) is 2.87. The summed E-state index contributed by atoms with van der Waals surface area (Å²) in [4.78, 5) is 18.5. The third-order valence-corrected chi connectivity index (χ3v) is 4.22. The molecule has 0 spiro atoms. The van der Waals surface area contributed by atoms with Gasteiger partial charge in [0.2, 0.25) is 5.91 Å². The van der Waals surface area contributed by atoms with E-state index in [1.165, 1.54) is 5.56 Å². The molecule has 2 N–H and O–H groups in total. The first-order valence-corrected chi connectivity index (χ1v) is 9.10. The van der Waals surface area contributed by atoms with Crippen LogP contribution in [0.5, 0.6) is 0 Å². The van der Waals surface area contributed by atoms with Crippen molar-refractivity contribution in [3.05, 3.63) is 35.4 Å². The molecule has 0 unspecified atom stereocenters. The molecule has 0 aliphatic carbocycles. The normalized spacial score (nSPS) is 14.3. The topological polar surface area (TPSA) is 66.0 Å². The Bertz CT molecular complexity index is 580. The summed E-state index contributed by atoms with van der Waals surface area (Å²) in [5.74, 6) is 1.07. The van der Waals surface area contributed by atoms with Crippen LogP contribution in [0.1, 0.15) is 37.3 Å². The second-order valence-corrected chi connectivity index (χ2v) is 6.16. The minimum atomic E-state index is 0. The number of nitrogens with zero attached hydrogens (tertiary/aromatic N) is 2. The predicted octanol–water partition coefficient (Wildman–Crippen LogP) is 2.52. The molecule has 1 aromatic rings. The number of hydrogen-bond donors (Lipinski definition) is 2. The monoisotopic (exact) mass is 474 g/mol. The Morgan fingerprint density at radius 3 is 2.69 bits per heavy atom. The lowest BCUT2D eigenvalue weighted by Gasteiger charge is -2.18. The molecule has 0 bridgehead atoms. The van der Waals surface area contributed by atoms with E-state index < -0.39 is 0 Å². The second-order valence-electron chi connectivity index (χ2n) is 6.16. The average molecular weight is 474 g/mol. The molecule has 7 heteroatoms. The molecule has 1 aliphatic heterocycles. The molecule has 0 saturated carbocycles. The zero-order valence-corrected chi connectivity index (χ0v) is 18.1. The minimum absolute atomic E-state index is 0. The molecule has 146 valence electrons. The number of amides is 1. The van der Waals surface area contributed by atoms with Gasteiger partial charge in [0.15, 0.2) is 5.96 Å². The molecular weight excluding hydrogens is 443 g/mol. The van der Waals surface area contributed by atoms with E-state index in [0.29, 0.717) is 19.5 Å². The Balaban J connectivity index is 0.00000338. The van der Waals surface area contributed by atoms with Gasteiger partial charge in [0, 0.05) is 46.3 Å². The van der Waals surface area contributed by atoms with Gasteiger partial charge in [-0.3, -0.25) is 4.79 Å². The van der Waals surface area contributed by atoms with Gasteiger partial charge in [0.05, 0.1) is 6.54 Å². The first kappa shape index (κ1) is 22.7. The number of nitrogens with one attached hydrogen (secondary N) is 2. The van der Waals surface area contributed by atoms with Crippen molar-refractivity contribution in [2.75, 3.05) is 33.4 Å². The molecule has 1 fully saturated rings. The SMILES string of the molecule is CCNC(=NCc1ccccc1CN1CCCC1=O)NCCCOC.I. The van der Waals surface area contributed by atoms with Gasteiger partial charge < -0.3 is 20.3 Å². The molecule has 1 aromatic carbocycles. The average Bonchev–Trinajstić information content (AvgIpc) is 3.02. The Morgan fingerprint density at radius 2 is 2.04 bits per heavy atom. The summed E-state index contributed by atoms with van der Waals surface area (Å²) in [7, 11) is 1.71. The van der Waals surface area contributed by atoms with Crippen LogP contribution < -0.4 is 10.6 Å². The second kappa shape index (κ2) is 12.9. The van der Waals surface area contributed by atoms with E-state index in [1.54, 1.807) is 7.11 Å². The Kier molecular flexibility index (Phi) is 11.3. The lowest BCUT2D eigenvalue weighted by Crippen LogP contribution is -2.38. The first-order chi connectivity index (χ1) is 12.2. The number of carbonyl (C=O) groups is 1. The van der Waals surface area contributed by atoms with E-state index in [0.717, 1.165) is 50.6 Å². The van der Waals surface area contributed by atoms with Crippen LogP contribution in [0, 0.1) is 0 Å². The van der Waals surface area contributed by atoms with Gasteiger partial charge >= 0.3 is 0 Å². The van der Waals surface area contributed by atoms with Crippen LogP contribution in [0.2, 0.25) is 0 Å². The van der Waals surface area contributed by atoms with Gasteiger partial charge in [-0.15, -0.1) is 24.0 Å². The van der Waals surface area contributed by atoms with Gasteiger partial charge in [0.1, 0.15) is 0 Å². The largest absolute Gasteiger partial charge is 0.385 e. The summed E-state index contributed by atoms with van der Waals surface area (Å²) >= 11 is 0. The molecule has 1 heterocycles. The van der Waals surface area contributed by atoms with E-state index in [1.807, 2.05) is 17.0 Å². The maximum Gasteiger partial charge on any atom is 0.222 e. The molecule has 6 nitrogen and oxygen atoms in total. The zero-order valence-electron chi connectivity index (χ0n) is 15.8. The maximum atomic E-state index is 11.9. The molecule has 0 aromatic heterocycles. The first-order valence-electron chi connectivity index (χ1n) is 9.10. The predicted molar refractivity (Wildman–Crippen MR) is 116 cm³/mol.